The van der Waals surface area contributed by atoms with Crippen molar-refractivity contribution in [3.05, 3.63) is 70.0 Å². The first-order valence-electron chi connectivity index (χ1n) is 8.39. The summed E-state index contributed by atoms with van der Waals surface area (Å²) in [5.41, 5.74) is 2.68. The Morgan fingerprint density at radius 2 is 1.96 bits per heavy atom. The van der Waals surface area contributed by atoms with Crippen LogP contribution >= 0.6 is 15.9 Å². The lowest BCUT2D eigenvalue weighted by Crippen LogP contribution is -2.24. The van der Waals surface area contributed by atoms with Gasteiger partial charge in [0.1, 0.15) is 11.9 Å². The molecule has 0 bridgehead atoms. The van der Waals surface area contributed by atoms with Gasteiger partial charge in [-0.15, -0.1) is 5.10 Å². The quantitative estimate of drug-likeness (QED) is 0.686. The van der Waals surface area contributed by atoms with Gasteiger partial charge in [-0.25, -0.2) is 4.68 Å². The Morgan fingerprint density at radius 1 is 1.22 bits per heavy atom. The highest BCUT2D eigenvalue weighted by Crippen LogP contribution is 2.28. The van der Waals surface area contributed by atoms with Gasteiger partial charge in [0.05, 0.1) is 26.0 Å². The van der Waals surface area contributed by atoms with Gasteiger partial charge in [0, 0.05) is 10.2 Å². The van der Waals surface area contributed by atoms with E-state index < -0.39 is 0 Å². The summed E-state index contributed by atoms with van der Waals surface area (Å²) in [6.45, 7) is 0.771. The van der Waals surface area contributed by atoms with Crippen LogP contribution in [0.15, 0.2) is 53.0 Å². The SMILES string of the molecule is COc1ccc(C2Cn3nnc(C(=O)Nc4ccc(Br)cc4)c3CO2)cc1. The topological polar surface area (TPSA) is 78.3 Å². The van der Waals surface area contributed by atoms with Crippen molar-refractivity contribution in [1.82, 2.24) is 15.0 Å². The second kappa shape index (κ2) is 7.50. The van der Waals surface area contributed by atoms with Crippen LogP contribution in [0.2, 0.25) is 0 Å². The van der Waals surface area contributed by atoms with Crippen molar-refractivity contribution in [2.24, 2.45) is 0 Å². The predicted octanol–water partition coefficient (Wildman–Crippen LogP) is 3.57. The van der Waals surface area contributed by atoms with Crippen LogP contribution in [-0.4, -0.2) is 28.0 Å². The maximum atomic E-state index is 12.5. The Balaban J connectivity index is 1.49. The van der Waals surface area contributed by atoms with Crippen molar-refractivity contribution >= 4 is 27.5 Å². The van der Waals surface area contributed by atoms with Gasteiger partial charge >= 0.3 is 0 Å². The number of methoxy groups -OCH3 is 1. The van der Waals surface area contributed by atoms with E-state index in [1.807, 2.05) is 48.5 Å². The van der Waals surface area contributed by atoms with Crippen LogP contribution in [0.25, 0.3) is 0 Å². The Kier molecular flexibility index (Phi) is 4.91. The van der Waals surface area contributed by atoms with E-state index in [1.54, 1.807) is 11.8 Å². The summed E-state index contributed by atoms with van der Waals surface area (Å²) in [7, 11) is 1.63. The number of rotatable bonds is 4. The van der Waals surface area contributed by atoms with Gasteiger partial charge in [-0.2, -0.15) is 0 Å². The van der Waals surface area contributed by atoms with Crippen molar-refractivity contribution in [3.63, 3.8) is 0 Å². The number of anilines is 1. The predicted molar refractivity (Wildman–Crippen MR) is 103 cm³/mol. The molecule has 3 aromatic rings. The maximum Gasteiger partial charge on any atom is 0.278 e. The number of ether oxygens (including phenoxy) is 2. The van der Waals surface area contributed by atoms with Crippen LogP contribution in [0.1, 0.15) is 27.8 Å². The number of hydrogen-bond acceptors (Lipinski definition) is 5. The Hall–Kier alpha value is -2.71. The van der Waals surface area contributed by atoms with E-state index in [0.29, 0.717) is 17.9 Å². The highest BCUT2D eigenvalue weighted by molar-refractivity contribution is 9.10. The lowest BCUT2D eigenvalue weighted by atomic mass is 10.1. The second-order valence-electron chi connectivity index (χ2n) is 6.10. The molecular formula is C19H17BrN4O3. The standard InChI is InChI=1S/C19H17BrN4O3/c1-26-15-8-2-12(3-9-15)17-10-24-16(11-27-17)18(22-23-24)19(25)21-14-6-4-13(20)5-7-14/h2-9,17H,10-11H2,1H3,(H,21,25). The Morgan fingerprint density at radius 3 is 2.67 bits per heavy atom. The van der Waals surface area contributed by atoms with E-state index in [-0.39, 0.29) is 24.3 Å². The number of aromatic nitrogens is 3. The fraction of sp³-hybridized carbons (Fsp3) is 0.211. The van der Waals surface area contributed by atoms with Crippen molar-refractivity contribution in [3.8, 4) is 5.75 Å². The molecule has 2 heterocycles. The third kappa shape index (κ3) is 3.72. The van der Waals surface area contributed by atoms with Crippen LogP contribution in [0.3, 0.4) is 0 Å². The molecule has 138 valence electrons. The van der Waals surface area contributed by atoms with Crippen molar-refractivity contribution in [2.75, 3.05) is 12.4 Å². The number of amides is 1. The molecule has 1 unspecified atom stereocenters. The number of nitrogens with zero attached hydrogens (tertiary/aromatic N) is 3. The normalized spacial score (nSPS) is 15.9. The van der Waals surface area contributed by atoms with Gasteiger partial charge in [-0.3, -0.25) is 4.79 Å². The molecule has 0 fully saturated rings. The van der Waals surface area contributed by atoms with Gasteiger partial charge < -0.3 is 14.8 Å². The molecule has 0 radical (unpaired) electrons. The largest absolute Gasteiger partial charge is 0.497 e. The van der Waals surface area contributed by atoms with Crippen LogP contribution in [0.4, 0.5) is 5.69 Å². The number of carbonyl (C=O) groups excluding carboxylic acids is 1. The minimum Gasteiger partial charge on any atom is -0.497 e. The summed E-state index contributed by atoms with van der Waals surface area (Å²) in [6.07, 6.45) is -0.146. The molecular weight excluding hydrogens is 412 g/mol. The molecule has 0 spiro atoms. The summed E-state index contributed by atoms with van der Waals surface area (Å²) >= 11 is 3.37. The average Bonchev–Trinajstić information content (AvgIpc) is 3.13. The van der Waals surface area contributed by atoms with E-state index in [1.165, 1.54) is 0 Å². The second-order valence-corrected chi connectivity index (χ2v) is 7.02. The van der Waals surface area contributed by atoms with Crippen LogP contribution in [0, 0.1) is 0 Å². The van der Waals surface area contributed by atoms with Gasteiger partial charge in [0.15, 0.2) is 5.69 Å². The monoisotopic (exact) mass is 428 g/mol. The molecule has 4 rings (SSSR count). The summed E-state index contributed by atoms with van der Waals surface area (Å²) in [6, 6.07) is 15.1. The molecule has 7 nitrogen and oxygen atoms in total. The molecule has 1 aromatic heterocycles. The minimum absolute atomic E-state index is 0.146. The fourth-order valence-electron chi connectivity index (χ4n) is 2.93. The molecule has 27 heavy (non-hydrogen) atoms. The first kappa shape index (κ1) is 17.7. The molecule has 1 atom stereocenters. The zero-order chi connectivity index (χ0) is 18.8. The molecule has 8 heteroatoms. The van der Waals surface area contributed by atoms with Gasteiger partial charge in [-0.05, 0) is 42.0 Å². The van der Waals surface area contributed by atoms with Crippen molar-refractivity contribution < 1.29 is 14.3 Å². The minimum atomic E-state index is -0.301. The van der Waals surface area contributed by atoms with Crippen LogP contribution in [-0.2, 0) is 17.9 Å². The maximum absolute atomic E-state index is 12.5. The average molecular weight is 429 g/mol. The number of carbonyl (C=O) groups is 1. The van der Waals surface area contributed by atoms with Crippen LogP contribution in [0.5, 0.6) is 5.75 Å². The molecule has 0 saturated heterocycles. The molecule has 1 N–H and O–H groups in total. The molecule has 1 aliphatic rings. The highest BCUT2D eigenvalue weighted by Gasteiger charge is 2.27. The third-order valence-electron chi connectivity index (χ3n) is 4.40. The smallest absolute Gasteiger partial charge is 0.278 e. The highest BCUT2D eigenvalue weighted by atomic mass is 79.9. The van der Waals surface area contributed by atoms with Gasteiger partial charge in [-0.1, -0.05) is 33.3 Å². The van der Waals surface area contributed by atoms with Crippen molar-refractivity contribution in [2.45, 2.75) is 19.3 Å². The zero-order valence-electron chi connectivity index (χ0n) is 14.6. The van der Waals surface area contributed by atoms with Gasteiger partial charge in [0.2, 0.25) is 0 Å². The van der Waals surface area contributed by atoms with E-state index in [2.05, 4.69) is 31.6 Å². The Labute approximate surface area is 164 Å². The number of benzene rings is 2. The van der Waals surface area contributed by atoms with E-state index in [4.69, 9.17) is 9.47 Å². The number of hydrogen-bond donors (Lipinski definition) is 1. The molecule has 0 aliphatic carbocycles. The van der Waals surface area contributed by atoms with Gasteiger partial charge in [0.25, 0.3) is 5.91 Å². The third-order valence-corrected chi connectivity index (χ3v) is 4.93. The summed E-state index contributed by atoms with van der Waals surface area (Å²) in [5, 5.41) is 11.0. The number of fused-ring (bicyclic) bond motifs is 1. The number of halogens is 1. The van der Waals surface area contributed by atoms with Crippen molar-refractivity contribution in [1.29, 1.82) is 0 Å². The fourth-order valence-corrected chi connectivity index (χ4v) is 3.20. The molecule has 2 aromatic carbocycles. The van der Waals surface area contributed by atoms with E-state index >= 15 is 0 Å². The summed E-state index contributed by atoms with van der Waals surface area (Å²) in [5.74, 6) is 0.493. The van der Waals surface area contributed by atoms with E-state index in [9.17, 15) is 4.79 Å². The Bertz CT molecular complexity index is 954. The zero-order valence-corrected chi connectivity index (χ0v) is 16.1. The first-order valence-corrected chi connectivity index (χ1v) is 9.18. The summed E-state index contributed by atoms with van der Waals surface area (Å²) in [4.78, 5) is 12.5. The van der Waals surface area contributed by atoms with Crippen LogP contribution < -0.4 is 10.1 Å². The molecule has 1 aliphatic heterocycles. The lowest BCUT2D eigenvalue weighted by Gasteiger charge is -2.24. The summed E-state index contributed by atoms with van der Waals surface area (Å²) < 4.78 is 13.8. The lowest BCUT2D eigenvalue weighted by molar-refractivity contribution is -0.00173. The molecule has 1 amide bonds. The first-order chi connectivity index (χ1) is 13.1. The number of nitrogens with one attached hydrogen (secondary N) is 1. The van der Waals surface area contributed by atoms with E-state index in [0.717, 1.165) is 15.8 Å². The molecule has 0 saturated carbocycles.